The minimum atomic E-state index is -0.596. The SMILES string of the molecule is CCOC(=O)c1cc(OC(=O)c2cccc(OC)c2)n(-c2ccccc2)n1. The molecule has 0 atom stereocenters. The predicted octanol–water partition coefficient (Wildman–Crippen LogP) is 3.28. The third-order valence-corrected chi connectivity index (χ3v) is 3.66. The number of rotatable bonds is 6. The molecule has 0 amide bonds. The van der Waals surface area contributed by atoms with Gasteiger partial charge in [0.2, 0.25) is 5.88 Å². The minimum Gasteiger partial charge on any atom is -0.497 e. The van der Waals surface area contributed by atoms with Crippen LogP contribution in [0.5, 0.6) is 11.6 Å². The van der Waals surface area contributed by atoms with Crippen LogP contribution in [0.1, 0.15) is 27.8 Å². The Bertz CT molecular complexity index is 950. The van der Waals surface area contributed by atoms with Crippen LogP contribution in [-0.4, -0.2) is 35.4 Å². The van der Waals surface area contributed by atoms with E-state index in [1.165, 1.54) is 17.9 Å². The lowest BCUT2D eigenvalue weighted by Crippen LogP contribution is -2.12. The summed E-state index contributed by atoms with van der Waals surface area (Å²) in [5.41, 5.74) is 1.00. The van der Waals surface area contributed by atoms with Crippen molar-refractivity contribution >= 4 is 11.9 Å². The Kier molecular flexibility index (Phi) is 5.51. The number of carbonyl (C=O) groups excluding carboxylic acids is 2. The molecule has 3 aromatic rings. The molecule has 0 fully saturated rings. The smallest absolute Gasteiger partial charge is 0.358 e. The van der Waals surface area contributed by atoms with Crippen molar-refractivity contribution in [2.24, 2.45) is 0 Å². The normalized spacial score (nSPS) is 10.3. The zero-order chi connectivity index (χ0) is 19.2. The molecule has 2 aromatic carbocycles. The number of nitrogens with zero attached hydrogens (tertiary/aromatic N) is 2. The van der Waals surface area contributed by atoms with Gasteiger partial charge in [0.1, 0.15) is 5.75 Å². The molecule has 0 bridgehead atoms. The first-order valence-electron chi connectivity index (χ1n) is 8.31. The van der Waals surface area contributed by atoms with Gasteiger partial charge >= 0.3 is 11.9 Å². The van der Waals surface area contributed by atoms with Crippen molar-refractivity contribution in [1.29, 1.82) is 0 Å². The molecule has 0 aliphatic heterocycles. The maximum absolute atomic E-state index is 12.5. The van der Waals surface area contributed by atoms with Crippen molar-refractivity contribution < 1.29 is 23.8 Å². The minimum absolute atomic E-state index is 0.0501. The van der Waals surface area contributed by atoms with Gasteiger partial charge in [0, 0.05) is 6.07 Å². The maximum Gasteiger partial charge on any atom is 0.358 e. The molecular weight excluding hydrogens is 348 g/mol. The topological polar surface area (TPSA) is 79.6 Å². The van der Waals surface area contributed by atoms with Crippen molar-refractivity contribution in [2.45, 2.75) is 6.92 Å². The molecule has 7 nitrogen and oxygen atoms in total. The van der Waals surface area contributed by atoms with Crippen LogP contribution in [0.25, 0.3) is 5.69 Å². The fourth-order valence-electron chi connectivity index (χ4n) is 2.40. The molecule has 0 unspecified atom stereocenters. The van der Waals surface area contributed by atoms with Crippen molar-refractivity contribution in [3.05, 3.63) is 71.9 Å². The summed E-state index contributed by atoms with van der Waals surface area (Å²) in [4.78, 5) is 24.6. The summed E-state index contributed by atoms with van der Waals surface area (Å²) in [5.74, 6) is -0.544. The Morgan fingerprint density at radius 3 is 2.48 bits per heavy atom. The predicted molar refractivity (Wildman–Crippen MR) is 97.5 cm³/mol. The molecule has 0 aliphatic carbocycles. The van der Waals surface area contributed by atoms with Crippen LogP contribution >= 0.6 is 0 Å². The fraction of sp³-hybridized carbons (Fsp3) is 0.150. The second kappa shape index (κ2) is 8.18. The Hall–Kier alpha value is -3.61. The number of hydrogen-bond donors (Lipinski definition) is 0. The average Bonchev–Trinajstić information content (AvgIpc) is 3.13. The highest BCUT2D eigenvalue weighted by molar-refractivity contribution is 5.92. The van der Waals surface area contributed by atoms with E-state index in [0.717, 1.165) is 0 Å². The highest BCUT2D eigenvalue weighted by atomic mass is 16.5. The van der Waals surface area contributed by atoms with Gasteiger partial charge in [-0.05, 0) is 37.3 Å². The third-order valence-electron chi connectivity index (χ3n) is 3.66. The highest BCUT2D eigenvalue weighted by Gasteiger charge is 2.20. The Morgan fingerprint density at radius 1 is 1.00 bits per heavy atom. The zero-order valence-corrected chi connectivity index (χ0v) is 14.9. The van der Waals surface area contributed by atoms with Gasteiger partial charge in [0.05, 0.1) is 25.0 Å². The van der Waals surface area contributed by atoms with E-state index in [0.29, 0.717) is 17.0 Å². The maximum atomic E-state index is 12.5. The molecule has 3 rings (SSSR count). The van der Waals surface area contributed by atoms with Crippen molar-refractivity contribution in [2.75, 3.05) is 13.7 Å². The van der Waals surface area contributed by atoms with E-state index in [-0.39, 0.29) is 18.2 Å². The number of ether oxygens (including phenoxy) is 3. The van der Waals surface area contributed by atoms with Gasteiger partial charge in [-0.15, -0.1) is 0 Å². The fourth-order valence-corrected chi connectivity index (χ4v) is 2.40. The van der Waals surface area contributed by atoms with Gasteiger partial charge in [-0.3, -0.25) is 0 Å². The first-order valence-corrected chi connectivity index (χ1v) is 8.31. The molecule has 7 heteroatoms. The number of esters is 2. The van der Waals surface area contributed by atoms with Crippen LogP contribution in [0.3, 0.4) is 0 Å². The first kappa shape index (κ1) is 18.2. The van der Waals surface area contributed by atoms with E-state index >= 15 is 0 Å². The Morgan fingerprint density at radius 2 is 1.78 bits per heavy atom. The van der Waals surface area contributed by atoms with Crippen molar-refractivity contribution in [1.82, 2.24) is 9.78 Å². The zero-order valence-electron chi connectivity index (χ0n) is 14.9. The summed E-state index contributed by atoms with van der Waals surface area (Å²) in [5, 5.41) is 4.22. The van der Waals surface area contributed by atoms with Gasteiger partial charge in [0.15, 0.2) is 5.69 Å². The molecule has 0 aliphatic rings. The summed E-state index contributed by atoms with van der Waals surface area (Å²) >= 11 is 0. The lowest BCUT2D eigenvalue weighted by atomic mass is 10.2. The number of hydrogen-bond acceptors (Lipinski definition) is 6. The van der Waals surface area contributed by atoms with Crippen LogP contribution in [0.2, 0.25) is 0 Å². The largest absolute Gasteiger partial charge is 0.497 e. The van der Waals surface area contributed by atoms with Crippen molar-refractivity contribution in [3.8, 4) is 17.3 Å². The van der Waals surface area contributed by atoms with Crippen LogP contribution in [-0.2, 0) is 4.74 Å². The van der Waals surface area contributed by atoms with Crippen LogP contribution in [0.4, 0.5) is 0 Å². The van der Waals surface area contributed by atoms with Crippen LogP contribution in [0, 0.1) is 0 Å². The molecule has 0 N–H and O–H groups in total. The summed E-state index contributed by atoms with van der Waals surface area (Å²) in [6, 6.07) is 17.0. The van der Waals surface area contributed by atoms with Gasteiger partial charge in [0.25, 0.3) is 0 Å². The second-order valence-electron chi connectivity index (χ2n) is 5.46. The number of para-hydroxylation sites is 1. The number of benzene rings is 2. The standard InChI is InChI=1S/C20H18N2O5/c1-3-26-20(24)17-13-18(22(21-17)15-9-5-4-6-10-15)27-19(23)14-8-7-11-16(12-14)25-2/h4-13H,3H2,1-2H3. The van der Waals surface area contributed by atoms with Gasteiger partial charge < -0.3 is 14.2 Å². The van der Waals surface area contributed by atoms with Crippen LogP contribution < -0.4 is 9.47 Å². The second-order valence-corrected chi connectivity index (χ2v) is 5.46. The highest BCUT2D eigenvalue weighted by Crippen LogP contribution is 2.22. The molecule has 1 heterocycles. The lowest BCUT2D eigenvalue weighted by molar-refractivity contribution is 0.0518. The average molecular weight is 366 g/mol. The molecular formula is C20H18N2O5. The quantitative estimate of drug-likeness (QED) is 0.623. The molecule has 27 heavy (non-hydrogen) atoms. The number of carbonyl (C=O) groups is 2. The van der Waals surface area contributed by atoms with E-state index in [2.05, 4.69) is 5.10 Å². The molecule has 0 saturated heterocycles. The first-order chi connectivity index (χ1) is 13.1. The van der Waals surface area contributed by atoms with Gasteiger partial charge in [-0.1, -0.05) is 24.3 Å². The summed E-state index contributed by atoms with van der Waals surface area (Å²) < 4.78 is 17.0. The lowest BCUT2D eigenvalue weighted by Gasteiger charge is -2.08. The molecule has 0 spiro atoms. The van der Waals surface area contributed by atoms with E-state index < -0.39 is 11.9 Å². The van der Waals surface area contributed by atoms with Crippen LogP contribution in [0.15, 0.2) is 60.7 Å². The van der Waals surface area contributed by atoms with Crippen molar-refractivity contribution in [3.63, 3.8) is 0 Å². The van der Waals surface area contributed by atoms with Gasteiger partial charge in [-0.2, -0.15) is 9.78 Å². The Labute approximate surface area is 156 Å². The molecule has 1 aromatic heterocycles. The molecule has 138 valence electrons. The monoisotopic (exact) mass is 366 g/mol. The summed E-state index contributed by atoms with van der Waals surface area (Å²) in [6.07, 6.45) is 0. The van der Waals surface area contributed by atoms with Gasteiger partial charge in [-0.25, -0.2) is 9.59 Å². The summed E-state index contributed by atoms with van der Waals surface area (Å²) in [7, 11) is 1.51. The summed E-state index contributed by atoms with van der Waals surface area (Å²) in [6.45, 7) is 1.92. The molecule has 0 radical (unpaired) electrons. The Balaban J connectivity index is 1.95. The molecule has 0 saturated carbocycles. The third kappa shape index (κ3) is 4.14. The van der Waals surface area contributed by atoms with E-state index in [1.807, 2.05) is 18.2 Å². The number of methoxy groups -OCH3 is 1. The van der Waals surface area contributed by atoms with E-state index in [1.54, 1.807) is 43.3 Å². The van der Waals surface area contributed by atoms with E-state index in [4.69, 9.17) is 14.2 Å². The van der Waals surface area contributed by atoms with E-state index in [9.17, 15) is 9.59 Å². The number of aromatic nitrogens is 2.